The Balaban J connectivity index is 1.57. The number of nitrogens with zero attached hydrogens (tertiary/aromatic N) is 5. The molecule has 1 atom stereocenters. The van der Waals surface area contributed by atoms with Gasteiger partial charge in [0.1, 0.15) is 0 Å². The number of aromatic nitrogens is 3. The van der Waals surface area contributed by atoms with Gasteiger partial charge in [0.15, 0.2) is 0 Å². The highest BCUT2D eigenvalue weighted by atomic mass is 15.2. The second-order valence-electron chi connectivity index (χ2n) is 7.82. The number of pyridine rings is 1. The summed E-state index contributed by atoms with van der Waals surface area (Å²) in [6.45, 7) is 5.16. The molecule has 0 amide bonds. The van der Waals surface area contributed by atoms with E-state index in [1.807, 2.05) is 37.5 Å². The monoisotopic (exact) mass is 373 g/mol. The van der Waals surface area contributed by atoms with Crippen molar-refractivity contribution >= 4 is 5.95 Å². The minimum Gasteiger partial charge on any atom is -0.347 e. The van der Waals surface area contributed by atoms with Gasteiger partial charge in [-0.3, -0.25) is 9.88 Å². The van der Waals surface area contributed by atoms with Crippen LogP contribution in [0.5, 0.6) is 0 Å². The first-order valence-corrected chi connectivity index (χ1v) is 9.83. The molecule has 144 valence electrons. The first kappa shape index (κ1) is 18.6. The fraction of sp³-hybridized carbons (Fsp3) is 0.348. The normalized spacial score (nSPS) is 17.0. The maximum absolute atomic E-state index is 4.88. The van der Waals surface area contributed by atoms with E-state index in [0.717, 1.165) is 49.0 Å². The number of anilines is 1. The van der Waals surface area contributed by atoms with Gasteiger partial charge in [0.05, 0.1) is 11.4 Å². The molecule has 0 N–H and O–H groups in total. The van der Waals surface area contributed by atoms with Crippen molar-refractivity contribution in [3.63, 3.8) is 0 Å². The fourth-order valence-corrected chi connectivity index (χ4v) is 3.70. The van der Waals surface area contributed by atoms with Crippen LogP contribution in [0.2, 0.25) is 0 Å². The minimum atomic E-state index is 0.433. The van der Waals surface area contributed by atoms with Gasteiger partial charge in [0.2, 0.25) is 5.95 Å². The number of hydrogen-bond donors (Lipinski definition) is 0. The van der Waals surface area contributed by atoms with Crippen molar-refractivity contribution in [2.75, 3.05) is 32.1 Å². The van der Waals surface area contributed by atoms with E-state index in [2.05, 4.69) is 53.2 Å². The molecule has 0 bridgehead atoms. The van der Waals surface area contributed by atoms with Crippen LogP contribution >= 0.6 is 0 Å². The Labute approximate surface area is 167 Å². The fourth-order valence-electron chi connectivity index (χ4n) is 3.70. The average Bonchev–Trinajstić information content (AvgIpc) is 3.17. The van der Waals surface area contributed by atoms with Gasteiger partial charge in [-0.2, -0.15) is 0 Å². The summed E-state index contributed by atoms with van der Waals surface area (Å²) in [4.78, 5) is 18.4. The van der Waals surface area contributed by atoms with Crippen LogP contribution in [0.25, 0.3) is 11.3 Å². The van der Waals surface area contributed by atoms with Crippen molar-refractivity contribution in [2.24, 2.45) is 0 Å². The SMILES string of the molecule is Cc1ccc(-c2cc([C@@H]3CCN(Cc4cccnc4)C3)nc(N(C)C)n2)cc1. The molecule has 1 saturated heterocycles. The molecule has 4 rings (SSSR count). The van der Waals surface area contributed by atoms with Gasteiger partial charge in [-0.25, -0.2) is 9.97 Å². The van der Waals surface area contributed by atoms with Gasteiger partial charge in [-0.15, -0.1) is 0 Å². The summed E-state index contributed by atoms with van der Waals surface area (Å²) in [6.07, 6.45) is 4.90. The van der Waals surface area contributed by atoms with E-state index in [9.17, 15) is 0 Å². The van der Waals surface area contributed by atoms with Crippen molar-refractivity contribution < 1.29 is 0 Å². The molecule has 1 aromatic carbocycles. The summed E-state index contributed by atoms with van der Waals surface area (Å²) in [5.41, 5.74) is 5.80. The van der Waals surface area contributed by atoms with E-state index in [0.29, 0.717) is 5.92 Å². The first-order valence-electron chi connectivity index (χ1n) is 9.83. The second-order valence-corrected chi connectivity index (χ2v) is 7.82. The van der Waals surface area contributed by atoms with Crippen LogP contribution in [0.1, 0.15) is 29.2 Å². The van der Waals surface area contributed by atoms with Gasteiger partial charge in [-0.1, -0.05) is 35.9 Å². The molecule has 1 aliphatic heterocycles. The molecule has 28 heavy (non-hydrogen) atoms. The number of aryl methyl sites for hydroxylation is 1. The Morgan fingerprint density at radius 3 is 2.64 bits per heavy atom. The van der Waals surface area contributed by atoms with E-state index >= 15 is 0 Å². The van der Waals surface area contributed by atoms with Gasteiger partial charge in [-0.05, 0) is 37.6 Å². The van der Waals surface area contributed by atoms with Gasteiger partial charge < -0.3 is 4.90 Å². The molecular weight excluding hydrogens is 346 g/mol. The molecule has 0 saturated carbocycles. The van der Waals surface area contributed by atoms with E-state index in [1.165, 1.54) is 11.1 Å². The van der Waals surface area contributed by atoms with Crippen LogP contribution in [-0.4, -0.2) is 47.0 Å². The zero-order chi connectivity index (χ0) is 19.5. The standard InChI is InChI=1S/C23H27N5/c1-17-6-8-19(9-7-17)21-13-22(26-23(25-21)27(2)3)20-10-12-28(16-20)15-18-5-4-11-24-14-18/h4-9,11,13-14,20H,10,12,15-16H2,1-3H3/t20-/m1/s1. The number of hydrogen-bond acceptors (Lipinski definition) is 5. The molecular formula is C23H27N5. The predicted molar refractivity (Wildman–Crippen MR) is 113 cm³/mol. The first-order chi connectivity index (χ1) is 13.6. The van der Waals surface area contributed by atoms with Crippen LogP contribution in [0, 0.1) is 6.92 Å². The number of benzene rings is 1. The Kier molecular flexibility index (Phi) is 5.35. The summed E-state index contributed by atoms with van der Waals surface area (Å²) in [5.74, 6) is 1.21. The van der Waals surface area contributed by atoms with Gasteiger partial charge in [0.25, 0.3) is 0 Å². The zero-order valence-corrected chi connectivity index (χ0v) is 16.8. The molecule has 3 heterocycles. The molecule has 2 aromatic heterocycles. The molecule has 1 fully saturated rings. The highest BCUT2D eigenvalue weighted by molar-refractivity contribution is 5.61. The Morgan fingerprint density at radius 2 is 1.93 bits per heavy atom. The molecule has 0 radical (unpaired) electrons. The quantitative estimate of drug-likeness (QED) is 0.679. The molecule has 0 spiro atoms. The molecule has 5 heteroatoms. The summed E-state index contributed by atoms with van der Waals surface area (Å²) < 4.78 is 0. The van der Waals surface area contributed by atoms with Crippen molar-refractivity contribution in [3.8, 4) is 11.3 Å². The third-order valence-corrected chi connectivity index (χ3v) is 5.30. The largest absolute Gasteiger partial charge is 0.347 e. The van der Waals surface area contributed by atoms with Gasteiger partial charge >= 0.3 is 0 Å². The molecule has 1 aliphatic rings. The minimum absolute atomic E-state index is 0.433. The van der Waals surface area contributed by atoms with Crippen LogP contribution in [0.3, 0.4) is 0 Å². The Bertz CT molecular complexity index is 921. The zero-order valence-electron chi connectivity index (χ0n) is 16.8. The average molecular weight is 374 g/mol. The molecule has 0 unspecified atom stereocenters. The van der Waals surface area contributed by atoms with Crippen LogP contribution in [-0.2, 0) is 6.54 Å². The van der Waals surface area contributed by atoms with Crippen molar-refractivity contribution in [2.45, 2.75) is 25.8 Å². The number of likely N-dealkylation sites (tertiary alicyclic amines) is 1. The van der Waals surface area contributed by atoms with Crippen molar-refractivity contribution in [3.05, 3.63) is 71.7 Å². The summed E-state index contributed by atoms with van der Waals surface area (Å²) in [6, 6.07) is 14.9. The van der Waals surface area contributed by atoms with Crippen molar-refractivity contribution in [1.82, 2.24) is 19.9 Å². The topological polar surface area (TPSA) is 45.2 Å². The summed E-state index contributed by atoms with van der Waals surface area (Å²) in [7, 11) is 4.00. The van der Waals surface area contributed by atoms with Crippen molar-refractivity contribution in [1.29, 1.82) is 0 Å². The lowest BCUT2D eigenvalue weighted by molar-refractivity contribution is 0.326. The third kappa shape index (κ3) is 4.20. The number of rotatable bonds is 5. The third-order valence-electron chi connectivity index (χ3n) is 5.30. The van der Waals surface area contributed by atoms with E-state index < -0.39 is 0 Å². The van der Waals surface area contributed by atoms with E-state index in [4.69, 9.17) is 9.97 Å². The lowest BCUT2D eigenvalue weighted by Gasteiger charge is -2.18. The predicted octanol–water partition coefficient (Wildman–Crippen LogP) is 3.90. The van der Waals surface area contributed by atoms with Crippen LogP contribution in [0.4, 0.5) is 5.95 Å². The van der Waals surface area contributed by atoms with Crippen LogP contribution < -0.4 is 4.90 Å². The highest BCUT2D eigenvalue weighted by Crippen LogP contribution is 2.30. The molecule has 0 aliphatic carbocycles. The smallest absolute Gasteiger partial charge is 0.225 e. The van der Waals surface area contributed by atoms with Gasteiger partial charge in [0, 0.05) is 51.1 Å². The molecule has 5 nitrogen and oxygen atoms in total. The molecule has 3 aromatic rings. The summed E-state index contributed by atoms with van der Waals surface area (Å²) >= 11 is 0. The summed E-state index contributed by atoms with van der Waals surface area (Å²) in [5, 5.41) is 0. The lowest BCUT2D eigenvalue weighted by Crippen LogP contribution is -2.20. The Hall–Kier alpha value is -2.79. The van der Waals surface area contributed by atoms with E-state index in [1.54, 1.807) is 0 Å². The Morgan fingerprint density at radius 1 is 1.11 bits per heavy atom. The maximum Gasteiger partial charge on any atom is 0.225 e. The van der Waals surface area contributed by atoms with E-state index in [-0.39, 0.29) is 0 Å². The van der Waals surface area contributed by atoms with Crippen LogP contribution in [0.15, 0.2) is 54.9 Å². The highest BCUT2D eigenvalue weighted by Gasteiger charge is 2.26. The maximum atomic E-state index is 4.88. The lowest BCUT2D eigenvalue weighted by atomic mass is 10.0. The second kappa shape index (κ2) is 8.07.